The van der Waals surface area contributed by atoms with E-state index in [1.807, 2.05) is 6.92 Å². The zero-order valence-electron chi connectivity index (χ0n) is 11.2. The highest BCUT2D eigenvalue weighted by molar-refractivity contribution is 5.73. The van der Waals surface area contributed by atoms with Crippen LogP contribution in [0.1, 0.15) is 30.0 Å². The fraction of sp³-hybridized carbons (Fsp3) is 0.533. The van der Waals surface area contributed by atoms with E-state index in [0.717, 1.165) is 11.1 Å². The standard InChI is InChI=1S/C15H20O3/c1-4-12(14(16)17)15(8-18-9-15)13-6-5-10(2)7-11(13)3/h5-7,12H,4,8-9H2,1-3H3,(H,16,17). The molecule has 2 rings (SSSR count). The number of ether oxygens (including phenoxy) is 1. The van der Waals surface area contributed by atoms with Crippen molar-refractivity contribution in [1.82, 2.24) is 0 Å². The lowest BCUT2D eigenvalue weighted by molar-refractivity contribution is -0.157. The molecule has 1 heterocycles. The van der Waals surface area contributed by atoms with Crippen LogP contribution < -0.4 is 0 Å². The van der Waals surface area contributed by atoms with E-state index in [1.54, 1.807) is 0 Å². The van der Waals surface area contributed by atoms with Crippen LogP contribution in [-0.2, 0) is 14.9 Å². The monoisotopic (exact) mass is 248 g/mol. The summed E-state index contributed by atoms with van der Waals surface area (Å²) in [7, 11) is 0. The average molecular weight is 248 g/mol. The predicted molar refractivity (Wildman–Crippen MR) is 69.8 cm³/mol. The predicted octanol–water partition coefficient (Wildman–Crippen LogP) is 2.68. The number of carbonyl (C=O) groups is 1. The molecule has 1 aliphatic heterocycles. The van der Waals surface area contributed by atoms with Crippen LogP contribution in [-0.4, -0.2) is 24.3 Å². The van der Waals surface area contributed by atoms with Crippen molar-refractivity contribution in [2.45, 2.75) is 32.6 Å². The van der Waals surface area contributed by atoms with Gasteiger partial charge in [-0.1, -0.05) is 30.7 Å². The fourth-order valence-electron chi connectivity index (χ4n) is 3.04. The number of hydrogen-bond acceptors (Lipinski definition) is 2. The molecule has 0 saturated carbocycles. The van der Waals surface area contributed by atoms with Gasteiger partial charge in [-0.05, 0) is 31.4 Å². The second-order valence-corrected chi connectivity index (χ2v) is 5.27. The van der Waals surface area contributed by atoms with Crippen LogP contribution in [0.5, 0.6) is 0 Å². The Labute approximate surface area is 108 Å². The Morgan fingerprint density at radius 3 is 2.50 bits per heavy atom. The van der Waals surface area contributed by atoms with Gasteiger partial charge >= 0.3 is 5.97 Å². The molecular formula is C15H20O3. The van der Waals surface area contributed by atoms with E-state index in [2.05, 4.69) is 32.0 Å². The Kier molecular flexibility index (Phi) is 3.44. The Balaban J connectivity index is 2.46. The quantitative estimate of drug-likeness (QED) is 0.891. The molecule has 0 amide bonds. The van der Waals surface area contributed by atoms with Gasteiger partial charge in [-0.2, -0.15) is 0 Å². The minimum atomic E-state index is -0.722. The Bertz CT molecular complexity index is 461. The number of aliphatic carboxylic acids is 1. The number of aryl methyl sites for hydroxylation is 2. The van der Waals surface area contributed by atoms with E-state index in [-0.39, 0.29) is 11.3 Å². The van der Waals surface area contributed by atoms with Crippen molar-refractivity contribution in [2.75, 3.05) is 13.2 Å². The lowest BCUT2D eigenvalue weighted by Gasteiger charge is -2.46. The van der Waals surface area contributed by atoms with Crippen molar-refractivity contribution in [3.8, 4) is 0 Å². The lowest BCUT2D eigenvalue weighted by atomic mass is 9.66. The van der Waals surface area contributed by atoms with Gasteiger partial charge in [0.2, 0.25) is 0 Å². The van der Waals surface area contributed by atoms with Crippen LogP contribution in [0.3, 0.4) is 0 Å². The van der Waals surface area contributed by atoms with Crippen molar-refractivity contribution in [2.24, 2.45) is 5.92 Å². The number of carboxylic acids is 1. The van der Waals surface area contributed by atoms with Crippen LogP contribution in [0.25, 0.3) is 0 Å². The van der Waals surface area contributed by atoms with Gasteiger partial charge in [0.25, 0.3) is 0 Å². The first-order valence-corrected chi connectivity index (χ1v) is 6.39. The topological polar surface area (TPSA) is 46.5 Å². The molecular weight excluding hydrogens is 228 g/mol. The maximum Gasteiger partial charge on any atom is 0.307 e. The second kappa shape index (κ2) is 4.73. The van der Waals surface area contributed by atoms with E-state index in [9.17, 15) is 9.90 Å². The molecule has 98 valence electrons. The highest BCUT2D eigenvalue weighted by Gasteiger charge is 2.50. The smallest absolute Gasteiger partial charge is 0.307 e. The zero-order valence-corrected chi connectivity index (χ0v) is 11.2. The Morgan fingerprint density at radius 1 is 1.44 bits per heavy atom. The van der Waals surface area contributed by atoms with E-state index < -0.39 is 5.97 Å². The number of carboxylic acid groups (broad SMARTS) is 1. The van der Waals surface area contributed by atoms with Crippen LogP contribution in [0.4, 0.5) is 0 Å². The summed E-state index contributed by atoms with van der Waals surface area (Å²) in [5, 5.41) is 9.43. The summed E-state index contributed by atoms with van der Waals surface area (Å²) >= 11 is 0. The largest absolute Gasteiger partial charge is 0.481 e. The summed E-state index contributed by atoms with van der Waals surface area (Å²) in [6.07, 6.45) is 0.631. The van der Waals surface area contributed by atoms with Gasteiger partial charge in [0.15, 0.2) is 0 Å². The molecule has 0 aliphatic carbocycles. The van der Waals surface area contributed by atoms with Gasteiger partial charge in [-0.3, -0.25) is 4.79 Å². The first kappa shape index (κ1) is 13.1. The molecule has 3 heteroatoms. The SMILES string of the molecule is CCC(C(=O)O)C1(c2ccc(C)cc2C)COC1. The molecule has 0 radical (unpaired) electrons. The van der Waals surface area contributed by atoms with Gasteiger partial charge in [0.1, 0.15) is 0 Å². The van der Waals surface area contributed by atoms with Crippen molar-refractivity contribution >= 4 is 5.97 Å². The third-order valence-electron chi connectivity index (χ3n) is 4.01. The van der Waals surface area contributed by atoms with Crippen molar-refractivity contribution in [3.63, 3.8) is 0 Å². The maximum absolute atomic E-state index is 11.5. The average Bonchev–Trinajstić information content (AvgIpc) is 2.23. The van der Waals surface area contributed by atoms with Crippen molar-refractivity contribution < 1.29 is 14.6 Å². The van der Waals surface area contributed by atoms with Crippen LogP contribution >= 0.6 is 0 Å². The summed E-state index contributed by atoms with van der Waals surface area (Å²) in [5.74, 6) is -1.09. The molecule has 18 heavy (non-hydrogen) atoms. The number of hydrogen-bond donors (Lipinski definition) is 1. The third kappa shape index (κ3) is 1.93. The van der Waals surface area contributed by atoms with Crippen molar-refractivity contribution in [1.29, 1.82) is 0 Å². The molecule has 0 spiro atoms. The van der Waals surface area contributed by atoms with Gasteiger partial charge in [-0.15, -0.1) is 0 Å². The Morgan fingerprint density at radius 2 is 2.11 bits per heavy atom. The molecule has 1 N–H and O–H groups in total. The molecule has 0 bridgehead atoms. The highest BCUT2D eigenvalue weighted by Crippen LogP contribution is 2.42. The number of rotatable bonds is 4. The lowest BCUT2D eigenvalue weighted by Crippen LogP contribution is -2.55. The van der Waals surface area contributed by atoms with Crippen LogP contribution in [0, 0.1) is 19.8 Å². The van der Waals surface area contributed by atoms with Crippen molar-refractivity contribution in [3.05, 3.63) is 34.9 Å². The summed E-state index contributed by atoms with van der Waals surface area (Å²) in [4.78, 5) is 11.5. The molecule has 1 aliphatic rings. The molecule has 1 aromatic rings. The molecule has 1 saturated heterocycles. The first-order valence-electron chi connectivity index (χ1n) is 6.39. The number of benzene rings is 1. The van der Waals surface area contributed by atoms with E-state index in [4.69, 9.17) is 4.74 Å². The highest BCUT2D eigenvalue weighted by atomic mass is 16.5. The van der Waals surface area contributed by atoms with E-state index in [1.165, 1.54) is 5.56 Å². The summed E-state index contributed by atoms with van der Waals surface area (Å²) < 4.78 is 5.35. The summed E-state index contributed by atoms with van der Waals surface area (Å²) in [6.45, 7) is 7.07. The van der Waals surface area contributed by atoms with Gasteiger partial charge in [-0.25, -0.2) is 0 Å². The van der Waals surface area contributed by atoms with Crippen LogP contribution in [0.15, 0.2) is 18.2 Å². The van der Waals surface area contributed by atoms with Crippen LogP contribution in [0.2, 0.25) is 0 Å². The van der Waals surface area contributed by atoms with Gasteiger partial charge < -0.3 is 9.84 Å². The summed E-state index contributed by atoms with van der Waals surface area (Å²) in [5.41, 5.74) is 3.17. The molecule has 0 aromatic heterocycles. The van der Waals surface area contributed by atoms with E-state index >= 15 is 0 Å². The third-order valence-corrected chi connectivity index (χ3v) is 4.01. The minimum Gasteiger partial charge on any atom is -0.481 e. The summed E-state index contributed by atoms with van der Waals surface area (Å²) in [6, 6.07) is 6.24. The molecule has 3 nitrogen and oxygen atoms in total. The zero-order chi connectivity index (χ0) is 13.3. The minimum absolute atomic E-state index is 0.335. The van der Waals surface area contributed by atoms with Gasteiger partial charge in [0.05, 0.1) is 24.5 Å². The Hall–Kier alpha value is -1.35. The normalized spacial score (nSPS) is 19.1. The maximum atomic E-state index is 11.5. The molecule has 1 aromatic carbocycles. The van der Waals surface area contributed by atoms with Gasteiger partial charge in [0, 0.05) is 0 Å². The van der Waals surface area contributed by atoms with E-state index in [0.29, 0.717) is 19.6 Å². The molecule has 1 fully saturated rings. The first-order chi connectivity index (χ1) is 8.51. The molecule has 1 atom stereocenters. The fourth-order valence-corrected chi connectivity index (χ4v) is 3.04. The molecule has 1 unspecified atom stereocenters. The second-order valence-electron chi connectivity index (χ2n) is 5.27.